The normalized spacial score (nSPS) is 22.3. The second kappa shape index (κ2) is 6.81. The van der Waals surface area contributed by atoms with Gasteiger partial charge in [-0.05, 0) is 48.6 Å². The van der Waals surface area contributed by atoms with Crippen LogP contribution in [0.4, 0.5) is 0 Å². The molecule has 1 heterocycles. The number of carbonyl (C=O) groups is 1. The minimum Gasteiger partial charge on any atom is -0.487 e. The lowest BCUT2D eigenvalue weighted by molar-refractivity contribution is 0.0582. The first-order chi connectivity index (χ1) is 12.1. The topological polar surface area (TPSA) is 49.8 Å². The van der Waals surface area contributed by atoms with E-state index in [1.807, 2.05) is 47.4 Å². The van der Waals surface area contributed by atoms with Crippen molar-refractivity contribution in [1.82, 2.24) is 4.90 Å². The van der Waals surface area contributed by atoms with Gasteiger partial charge in [0.1, 0.15) is 11.9 Å². The molecule has 130 valence electrons. The Kier molecular flexibility index (Phi) is 4.52. The van der Waals surface area contributed by atoms with E-state index in [-0.39, 0.29) is 12.0 Å². The molecule has 0 unspecified atom stereocenters. The number of nitrogens with zero attached hydrogens (tertiary/aromatic N) is 1. The second-order valence-corrected chi connectivity index (χ2v) is 7.65. The van der Waals surface area contributed by atoms with Gasteiger partial charge in [-0.1, -0.05) is 40.2 Å². The highest BCUT2D eigenvalue weighted by atomic mass is 79.9. The van der Waals surface area contributed by atoms with Gasteiger partial charge in [-0.25, -0.2) is 0 Å². The van der Waals surface area contributed by atoms with Gasteiger partial charge in [-0.3, -0.25) is 4.79 Å². The van der Waals surface area contributed by atoms with E-state index >= 15 is 0 Å². The first-order valence-electron chi connectivity index (χ1n) is 8.62. The molecule has 0 saturated heterocycles. The van der Waals surface area contributed by atoms with Gasteiger partial charge in [0.05, 0.1) is 11.7 Å². The Morgan fingerprint density at radius 1 is 1.16 bits per heavy atom. The maximum Gasteiger partial charge on any atom is 0.258 e. The first-order valence-corrected chi connectivity index (χ1v) is 9.41. The highest BCUT2D eigenvalue weighted by Crippen LogP contribution is 2.34. The molecule has 0 spiro atoms. The molecule has 1 fully saturated rings. The van der Waals surface area contributed by atoms with Crippen molar-refractivity contribution in [3.63, 3.8) is 0 Å². The minimum absolute atomic E-state index is 0.000931. The van der Waals surface area contributed by atoms with Crippen molar-refractivity contribution < 1.29 is 14.6 Å². The van der Waals surface area contributed by atoms with Crippen LogP contribution in [0.25, 0.3) is 0 Å². The predicted octanol–water partition coefficient (Wildman–Crippen LogP) is 3.90. The van der Waals surface area contributed by atoms with E-state index in [1.54, 1.807) is 0 Å². The van der Waals surface area contributed by atoms with Crippen LogP contribution in [0.3, 0.4) is 0 Å². The SMILES string of the molecule is O=C1c2c(cccc2O[C@@H]2CCC[C@H]2O)CN1Cc1ccc(Br)cc1. The maximum atomic E-state index is 12.9. The number of carbonyl (C=O) groups excluding carboxylic acids is 1. The molecule has 1 amide bonds. The van der Waals surface area contributed by atoms with Crippen LogP contribution >= 0.6 is 15.9 Å². The zero-order chi connectivity index (χ0) is 17.4. The van der Waals surface area contributed by atoms with Crippen molar-refractivity contribution in [2.75, 3.05) is 0 Å². The Morgan fingerprint density at radius 2 is 1.96 bits per heavy atom. The molecule has 0 radical (unpaired) electrons. The van der Waals surface area contributed by atoms with Gasteiger partial charge in [0.15, 0.2) is 0 Å². The molecule has 2 aromatic carbocycles. The van der Waals surface area contributed by atoms with Gasteiger partial charge < -0.3 is 14.7 Å². The average Bonchev–Trinajstić information content (AvgIpc) is 3.14. The van der Waals surface area contributed by atoms with E-state index in [2.05, 4.69) is 15.9 Å². The minimum atomic E-state index is -0.439. The number of halogens is 1. The van der Waals surface area contributed by atoms with E-state index in [0.717, 1.165) is 34.9 Å². The zero-order valence-corrected chi connectivity index (χ0v) is 15.4. The van der Waals surface area contributed by atoms with Crippen molar-refractivity contribution in [2.45, 2.75) is 44.6 Å². The quantitative estimate of drug-likeness (QED) is 0.844. The number of aliphatic hydroxyl groups is 1. The molecule has 1 aliphatic carbocycles. The molecule has 4 rings (SSSR count). The predicted molar refractivity (Wildman–Crippen MR) is 98.4 cm³/mol. The van der Waals surface area contributed by atoms with Gasteiger partial charge >= 0.3 is 0 Å². The van der Waals surface area contributed by atoms with Crippen molar-refractivity contribution in [1.29, 1.82) is 0 Å². The van der Waals surface area contributed by atoms with Gasteiger partial charge in [-0.2, -0.15) is 0 Å². The Morgan fingerprint density at radius 3 is 2.68 bits per heavy atom. The summed E-state index contributed by atoms with van der Waals surface area (Å²) < 4.78 is 7.04. The van der Waals surface area contributed by atoms with Crippen LogP contribution in [0.2, 0.25) is 0 Å². The molecule has 2 aromatic rings. The van der Waals surface area contributed by atoms with Crippen LogP contribution in [-0.2, 0) is 13.1 Å². The van der Waals surface area contributed by atoms with Crippen molar-refractivity contribution in [3.05, 3.63) is 63.6 Å². The van der Waals surface area contributed by atoms with Gasteiger partial charge in [0.2, 0.25) is 0 Å². The summed E-state index contributed by atoms with van der Waals surface area (Å²) in [6.45, 7) is 1.17. The second-order valence-electron chi connectivity index (χ2n) is 6.73. The van der Waals surface area contributed by atoms with E-state index in [4.69, 9.17) is 4.74 Å². The number of benzene rings is 2. The van der Waals surface area contributed by atoms with E-state index < -0.39 is 6.10 Å². The Hall–Kier alpha value is -1.85. The molecule has 4 nitrogen and oxygen atoms in total. The molecule has 25 heavy (non-hydrogen) atoms. The van der Waals surface area contributed by atoms with Gasteiger partial charge in [0.25, 0.3) is 5.91 Å². The molecular formula is C20H20BrNO3. The van der Waals surface area contributed by atoms with Crippen LogP contribution in [0.1, 0.15) is 40.7 Å². The Bertz CT molecular complexity index is 790. The van der Waals surface area contributed by atoms with E-state index in [0.29, 0.717) is 24.4 Å². The molecule has 2 atom stereocenters. The third kappa shape index (κ3) is 3.31. The number of hydrogen-bond donors (Lipinski definition) is 1. The molecule has 1 N–H and O–H groups in total. The zero-order valence-electron chi connectivity index (χ0n) is 13.8. The lowest BCUT2D eigenvalue weighted by Gasteiger charge is -2.19. The monoisotopic (exact) mass is 401 g/mol. The fourth-order valence-corrected chi connectivity index (χ4v) is 3.89. The number of ether oxygens (including phenoxy) is 1. The number of aliphatic hydroxyl groups excluding tert-OH is 1. The fraction of sp³-hybridized carbons (Fsp3) is 0.350. The summed E-state index contributed by atoms with van der Waals surface area (Å²) >= 11 is 3.43. The van der Waals surface area contributed by atoms with E-state index in [1.165, 1.54) is 0 Å². The molecule has 1 saturated carbocycles. The van der Waals surface area contributed by atoms with Crippen LogP contribution in [0.15, 0.2) is 46.9 Å². The van der Waals surface area contributed by atoms with Crippen LogP contribution in [0, 0.1) is 0 Å². The summed E-state index contributed by atoms with van der Waals surface area (Å²) in [6.07, 6.45) is 1.92. The van der Waals surface area contributed by atoms with Crippen molar-refractivity contribution >= 4 is 21.8 Å². The summed E-state index contributed by atoms with van der Waals surface area (Å²) in [7, 11) is 0. The molecule has 5 heteroatoms. The Labute approximate surface area is 155 Å². The molecule has 0 aromatic heterocycles. The summed E-state index contributed by atoms with van der Waals surface area (Å²) in [5.41, 5.74) is 2.74. The van der Waals surface area contributed by atoms with Crippen LogP contribution < -0.4 is 4.74 Å². The van der Waals surface area contributed by atoms with Gasteiger partial charge in [0, 0.05) is 17.6 Å². The summed E-state index contributed by atoms with van der Waals surface area (Å²) in [6, 6.07) is 13.8. The van der Waals surface area contributed by atoms with Crippen LogP contribution in [0.5, 0.6) is 5.75 Å². The third-order valence-electron chi connectivity index (χ3n) is 4.96. The molecular weight excluding hydrogens is 382 g/mol. The highest BCUT2D eigenvalue weighted by Gasteiger charge is 2.33. The third-order valence-corrected chi connectivity index (χ3v) is 5.49. The number of hydrogen-bond acceptors (Lipinski definition) is 3. The van der Waals surface area contributed by atoms with Crippen molar-refractivity contribution in [2.24, 2.45) is 0 Å². The molecule has 1 aliphatic heterocycles. The summed E-state index contributed by atoms with van der Waals surface area (Å²) in [4.78, 5) is 14.8. The molecule has 2 aliphatic rings. The number of amides is 1. The first kappa shape index (κ1) is 16.6. The van der Waals surface area contributed by atoms with Gasteiger partial charge in [-0.15, -0.1) is 0 Å². The summed E-state index contributed by atoms with van der Waals surface area (Å²) in [5, 5.41) is 10.0. The fourth-order valence-electron chi connectivity index (χ4n) is 3.63. The Balaban J connectivity index is 1.54. The maximum absolute atomic E-state index is 12.9. The number of rotatable bonds is 4. The van der Waals surface area contributed by atoms with Crippen LogP contribution in [-0.4, -0.2) is 28.1 Å². The lowest BCUT2D eigenvalue weighted by Crippen LogP contribution is -2.27. The standard InChI is InChI=1S/C20H20BrNO3/c21-15-9-7-13(8-10-15)11-22-12-14-3-1-6-18(19(14)20(22)24)25-17-5-2-4-16(17)23/h1,3,6-10,16-17,23H,2,4-5,11-12H2/t16-,17-/m1/s1. The largest absolute Gasteiger partial charge is 0.487 e. The van der Waals surface area contributed by atoms with E-state index in [9.17, 15) is 9.90 Å². The highest BCUT2D eigenvalue weighted by molar-refractivity contribution is 9.10. The average molecular weight is 402 g/mol. The lowest BCUT2D eigenvalue weighted by atomic mass is 10.1. The number of fused-ring (bicyclic) bond motifs is 1. The molecule has 0 bridgehead atoms. The smallest absolute Gasteiger partial charge is 0.258 e. The summed E-state index contributed by atoms with van der Waals surface area (Å²) in [5.74, 6) is 0.604. The van der Waals surface area contributed by atoms with Crippen molar-refractivity contribution in [3.8, 4) is 5.75 Å².